The van der Waals surface area contributed by atoms with Crippen molar-refractivity contribution in [3.05, 3.63) is 72.1 Å². The predicted octanol–water partition coefficient (Wildman–Crippen LogP) is 3.95. The highest BCUT2D eigenvalue weighted by molar-refractivity contribution is 5.94. The lowest BCUT2D eigenvalue weighted by Gasteiger charge is -2.20. The molecule has 1 unspecified atom stereocenters. The van der Waals surface area contributed by atoms with Crippen molar-refractivity contribution in [2.75, 3.05) is 20.2 Å². The van der Waals surface area contributed by atoms with Gasteiger partial charge in [-0.1, -0.05) is 30.3 Å². The highest BCUT2D eigenvalue weighted by Crippen LogP contribution is 2.30. The molecule has 0 radical (unpaired) electrons. The Morgan fingerprint density at radius 2 is 1.85 bits per heavy atom. The highest BCUT2D eigenvalue weighted by atomic mass is 16.5. The lowest BCUT2D eigenvalue weighted by Crippen LogP contribution is -2.29. The van der Waals surface area contributed by atoms with Crippen LogP contribution in [0.15, 0.2) is 60.8 Å². The molecule has 1 amide bonds. The van der Waals surface area contributed by atoms with Crippen LogP contribution in [0.25, 0.3) is 11.4 Å². The van der Waals surface area contributed by atoms with Crippen molar-refractivity contribution < 1.29 is 9.53 Å². The highest BCUT2D eigenvalue weighted by Gasteiger charge is 2.30. The molecule has 1 aliphatic heterocycles. The van der Waals surface area contributed by atoms with Crippen LogP contribution in [0.1, 0.15) is 28.5 Å². The number of imidazole rings is 1. The number of amides is 1. The molecule has 0 saturated carbocycles. The fraction of sp³-hybridized carbons (Fsp3) is 0.273. The summed E-state index contributed by atoms with van der Waals surface area (Å²) in [4.78, 5) is 19.4. The Morgan fingerprint density at radius 1 is 1.11 bits per heavy atom. The molecule has 1 fully saturated rings. The second kappa shape index (κ2) is 7.27. The van der Waals surface area contributed by atoms with E-state index in [4.69, 9.17) is 4.74 Å². The molecule has 0 aliphatic carbocycles. The van der Waals surface area contributed by atoms with Crippen LogP contribution in [0.5, 0.6) is 5.75 Å². The van der Waals surface area contributed by atoms with E-state index in [9.17, 15) is 4.79 Å². The van der Waals surface area contributed by atoms with Crippen molar-refractivity contribution in [1.82, 2.24) is 14.5 Å². The number of nitrogens with zero attached hydrogens (tertiary/aromatic N) is 3. The summed E-state index contributed by atoms with van der Waals surface area (Å²) in [5.74, 6) is 1.79. The maximum Gasteiger partial charge on any atom is 0.253 e. The van der Waals surface area contributed by atoms with Gasteiger partial charge in [0.25, 0.3) is 5.91 Å². The Labute approximate surface area is 159 Å². The number of carbonyl (C=O) groups is 1. The average Bonchev–Trinajstić information content (AvgIpc) is 3.34. The van der Waals surface area contributed by atoms with E-state index in [-0.39, 0.29) is 11.9 Å². The Bertz CT molecular complexity index is 932. The van der Waals surface area contributed by atoms with Crippen molar-refractivity contribution in [2.24, 2.45) is 0 Å². The van der Waals surface area contributed by atoms with E-state index in [1.165, 1.54) is 0 Å². The van der Waals surface area contributed by atoms with Crippen LogP contribution < -0.4 is 4.74 Å². The van der Waals surface area contributed by atoms with E-state index in [1.807, 2.05) is 53.6 Å². The minimum atomic E-state index is 0.0687. The Kier molecular flexibility index (Phi) is 4.67. The van der Waals surface area contributed by atoms with E-state index in [1.54, 1.807) is 7.11 Å². The zero-order chi connectivity index (χ0) is 18.8. The number of benzene rings is 2. The standard InChI is InChI=1S/C22H23N3O2/c1-16-14-23-21(17-6-4-3-5-7-17)25(16)19-12-13-24(15-19)22(26)18-8-10-20(27-2)11-9-18/h3-11,14,19H,12-13,15H2,1-2H3. The number of likely N-dealkylation sites (tertiary alicyclic amines) is 1. The smallest absolute Gasteiger partial charge is 0.253 e. The second-order valence-corrected chi connectivity index (χ2v) is 6.88. The molecular weight excluding hydrogens is 338 g/mol. The minimum absolute atomic E-state index is 0.0687. The normalized spacial score (nSPS) is 16.5. The van der Waals surface area contributed by atoms with Gasteiger partial charge in [0.05, 0.1) is 13.2 Å². The van der Waals surface area contributed by atoms with Gasteiger partial charge >= 0.3 is 0 Å². The average molecular weight is 361 g/mol. The molecule has 3 aromatic rings. The number of ether oxygens (including phenoxy) is 1. The van der Waals surface area contributed by atoms with E-state index >= 15 is 0 Å². The van der Waals surface area contributed by atoms with E-state index in [2.05, 4.69) is 28.6 Å². The molecule has 5 nitrogen and oxygen atoms in total. The lowest BCUT2D eigenvalue weighted by molar-refractivity contribution is 0.0787. The van der Waals surface area contributed by atoms with Gasteiger partial charge in [-0.25, -0.2) is 4.98 Å². The third-order valence-corrected chi connectivity index (χ3v) is 5.17. The summed E-state index contributed by atoms with van der Waals surface area (Å²) < 4.78 is 7.45. The molecule has 2 heterocycles. The zero-order valence-corrected chi connectivity index (χ0v) is 15.6. The Hall–Kier alpha value is -3.08. The van der Waals surface area contributed by atoms with Crippen LogP contribution in [0.4, 0.5) is 0 Å². The summed E-state index contributed by atoms with van der Waals surface area (Å²) in [6.45, 7) is 3.52. The first kappa shape index (κ1) is 17.3. The van der Waals surface area contributed by atoms with Crippen molar-refractivity contribution in [3.8, 4) is 17.1 Å². The number of aromatic nitrogens is 2. The topological polar surface area (TPSA) is 47.4 Å². The van der Waals surface area contributed by atoms with E-state index < -0.39 is 0 Å². The van der Waals surface area contributed by atoms with Crippen molar-refractivity contribution in [1.29, 1.82) is 0 Å². The van der Waals surface area contributed by atoms with Gasteiger partial charge in [0.15, 0.2) is 0 Å². The first-order valence-electron chi connectivity index (χ1n) is 9.20. The van der Waals surface area contributed by atoms with Gasteiger partial charge < -0.3 is 14.2 Å². The van der Waals surface area contributed by atoms with Gasteiger partial charge in [-0.05, 0) is 37.6 Å². The fourth-order valence-electron chi connectivity index (χ4n) is 3.76. The van der Waals surface area contributed by atoms with Crippen molar-refractivity contribution >= 4 is 5.91 Å². The summed E-state index contributed by atoms with van der Waals surface area (Å²) >= 11 is 0. The molecule has 4 rings (SSSR count). The third-order valence-electron chi connectivity index (χ3n) is 5.17. The van der Waals surface area contributed by atoms with Crippen molar-refractivity contribution in [2.45, 2.75) is 19.4 Å². The number of rotatable bonds is 4. The van der Waals surface area contributed by atoms with Crippen LogP contribution in [-0.4, -0.2) is 40.6 Å². The number of hydrogen-bond acceptors (Lipinski definition) is 3. The predicted molar refractivity (Wildman–Crippen MR) is 105 cm³/mol. The molecule has 0 bridgehead atoms. The molecule has 27 heavy (non-hydrogen) atoms. The first-order valence-corrected chi connectivity index (χ1v) is 9.20. The van der Waals surface area contributed by atoms with Crippen LogP contribution in [0.3, 0.4) is 0 Å². The number of carbonyl (C=O) groups excluding carboxylic acids is 1. The summed E-state index contributed by atoms with van der Waals surface area (Å²) in [6.07, 6.45) is 2.84. The molecular formula is C22H23N3O2. The number of aryl methyl sites for hydroxylation is 1. The molecule has 5 heteroatoms. The van der Waals surface area contributed by atoms with Crippen LogP contribution in [0.2, 0.25) is 0 Å². The van der Waals surface area contributed by atoms with Gasteiger partial charge in [0.1, 0.15) is 11.6 Å². The summed E-state index contributed by atoms with van der Waals surface area (Å²) in [7, 11) is 1.62. The van der Waals surface area contributed by atoms with Gasteiger partial charge in [-0.3, -0.25) is 4.79 Å². The zero-order valence-electron chi connectivity index (χ0n) is 15.6. The lowest BCUT2D eigenvalue weighted by atomic mass is 10.2. The molecule has 1 aliphatic rings. The largest absolute Gasteiger partial charge is 0.497 e. The van der Waals surface area contributed by atoms with Gasteiger partial charge in [-0.15, -0.1) is 0 Å². The Morgan fingerprint density at radius 3 is 2.56 bits per heavy atom. The molecule has 1 aromatic heterocycles. The Balaban J connectivity index is 1.55. The molecule has 0 spiro atoms. The summed E-state index contributed by atoms with van der Waals surface area (Å²) in [5, 5.41) is 0. The maximum absolute atomic E-state index is 12.9. The molecule has 0 N–H and O–H groups in total. The maximum atomic E-state index is 12.9. The third kappa shape index (κ3) is 3.33. The summed E-state index contributed by atoms with van der Waals surface area (Å²) in [6, 6.07) is 17.8. The first-order chi connectivity index (χ1) is 13.2. The van der Waals surface area contributed by atoms with Crippen molar-refractivity contribution in [3.63, 3.8) is 0 Å². The molecule has 138 valence electrons. The molecule has 1 atom stereocenters. The monoisotopic (exact) mass is 361 g/mol. The van der Waals surface area contributed by atoms with Crippen LogP contribution >= 0.6 is 0 Å². The molecule has 2 aromatic carbocycles. The fourth-order valence-corrected chi connectivity index (χ4v) is 3.76. The quantitative estimate of drug-likeness (QED) is 0.707. The van der Waals surface area contributed by atoms with E-state index in [0.29, 0.717) is 12.1 Å². The minimum Gasteiger partial charge on any atom is -0.497 e. The van der Waals surface area contributed by atoms with Crippen LogP contribution in [-0.2, 0) is 0 Å². The van der Waals surface area contributed by atoms with Gasteiger partial charge in [0.2, 0.25) is 0 Å². The van der Waals surface area contributed by atoms with Gasteiger partial charge in [0, 0.05) is 36.1 Å². The van der Waals surface area contributed by atoms with E-state index in [0.717, 1.165) is 35.8 Å². The number of hydrogen-bond donors (Lipinski definition) is 0. The van der Waals surface area contributed by atoms with Gasteiger partial charge in [-0.2, -0.15) is 0 Å². The molecule has 1 saturated heterocycles. The van der Waals surface area contributed by atoms with Crippen LogP contribution in [0, 0.1) is 6.92 Å². The second-order valence-electron chi connectivity index (χ2n) is 6.88. The number of methoxy groups -OCH3 is 1. The summed E-state index contributed by atoms with van der Waals surface area (Å²) in [5.41, 5.74) is 2.92. The SMILES string of the molecule is COc1ccc(C(=O)N2CCC(n3c(C)cnc3-c3ccccc3)C2)cc1.